The minimum Gasteiger partial charge on any atom is -0.309 e. The van der Waals surface area contributed by atoms with Crippen molar-refractivity contribution in [2.75, 3.05) is 0 Å². The first-order valence-electron chi connectivity index (χ1n) is 20.1. The van der Waals surface area contributed by atoms with Crippen LogP contribution in [0.25, 0.3) is 95.0 Å². The fraction of sp³-hybridized carbons (Fsp3) is 0.0556. The molecule has 0 saturated heterocycles. The van der Waals surface area contributed by atoms with Gasteiger partial charge in [-0.3, -0.25) is 0 Å². The molecule has 8 aromatic carbocycles. The monoisotopic (exact) mass is 798 g/mol. The Morgan fingerprint density at radius 2 is 0.852 bits per heavy atom. The van der Waals surface area contributed by atoms with Gasteiger partial charge in [-0.15, -0.1) is 0 Å². The molecule has 10 aromatic rings. The molecule has 10 rings (SSSR count). The van der Waals surface area contributed by atoms with Crippen molar-refractivity contribution < 1.29 is 13.2 Å². The maximum Gasteiger partial charge on any atom is 0.416 e. The summed E-state index contributed by atoms with van der Waals surface area (Å²) in [4.78, 5) is 15.0. The molecule has 0 aliphatic heterocycles. The normalized spacial score (nSPS) is 11.7. The van der Waals surface area contributed by atoms with Crippen molar-refractivity contribution in [1.82, 2.24) is 19.5 Å². The second-order valence-corrected chi connectivity index (χ2v) is 15.4. The van der Waals surface area contributed by atoms with Gasteiger partial charge in [0.25, 0.3) is 0 Å². The number of fused-ring (bicyclic) bond motifs is 3. The standard InChI is InChI=1S/C54H37F3N4/c1-34-16-20-36(21-17-34)40-24-28-49-46(31-40)47-32-41(37-22-18-35(2)19-23-37)25-29-50(47)61(49)44-26-27-45(42-14-9-15-43(30-42)54(55,56)57)48(33-44)53-59-51(38-10-5-3-6-11-38)58-52(60-53)39-12-7-4-8-13-39/h3-33H,1-2H3. The summed E-state index contributed by atoms with van der Waals surface area (Å²) in [6.07, 6.45) is -4.53. The second-order valence-electron chi connectivity index (χ2n) is 15.4. The summed E-state index contributed by atoms with van der Waals surface area (Å²) in [6.45, 7) is 4.17. The van der Waals surface area contributed by atoms with E-state index in [1.165, 1.54) is 23.3 Å². The van der Waals surface area contributed by atoms with Crippen LogP contribution in [0.4, 0.5) is 13.2 Å². The Morgan fingerprint density at radius 1 is 0.377 bits per heavy atom. The van der Waals surface area contributed by atoms with Gasteiger partial charge in [-0.25, -0.2) is 15.0 Å². The third-order valence-electron chi connectivity index (χ3n) is 11.2. The number of aryl methyl sites for hydroxylation is 2. The van der Waals surface area contributed by atoms with Crippen molar-refractivity contribution >= 4 is 21.8 Å². The van der Waals surface area contributed by atoms with E-state index in [4.69, 9.17) is 15.0 Å². The van der Waals surface area contributed by atoms with E-state index in [-0.39, 0.29) is 0 Å². The molecule has 0 bridgehead atoms. The maximum absolute atomic E-state index is 14.2. The number of halogens is 3. The Kier molecular flexibility index (Phi) is 9.37. The molecule has 0 radical (unpaired) electrons. The Balaban J connectivity index is 1.24. The molecular weight excluding hydrogens is 762 g/mol. The number of alkyl halides is 3. The van der Waals surface area contributed by atoms with Crippen LogP contribution < -0.4 is 0 Å². The van der Waals surface area contributed by atoms with E-state index in [1.807, 2.05) is 78.9 Å². The average Bonchev–Trinajstić information content (AvgIpc) is 3.62. The molecule has 0 saturated carbocycles. The highest BCUT2D eigenvalue weighted by atomic mass is 19.4. The zero-order valence-corrected chi connectivity index (χ0v) is 33.3. The lowest BCUT2D eigenvalue weighted by molar-refractivity contribution is -0.137. The van der Waals surface area contributed by atoms with Crippen LogP contribution in [0.5, 0.6) is 0 Å². The summed E-state index contributed by atoms with van der Waals surface area (Å²) >= 11 is 0. The third-order valence-corrected chi connectivity index (χ3v) is 11.2. The molecule has 294 valence electrons. The van der Waals surface area contributed by atoms with Gasteiger partial charge in [-0.2, -0.15) is 13.2 Å². The minimum atomic E-state index is -4.53. The Hall–Kier alpha value is -7.64. The van der Waals surface area contributed by atoms with Gasteiger partial charge in [0.05, 0.1) is 16.6 Å². The smallest absolute Gasteiger partial charge is 0.309 e. The highest BCUT2D eigenvalue weighted by Crippen LogP contribution is 2.41. The van der Waals surface area contributed by atoms with Gasteiger partial charge >= 0.3 is 6.18 Å². The number of rotatable bonds is 7. The molecule has 0 amide bonds. The zero-order valence-electron chi connectivity index (χ0n) is 33.3. The second kappa shape index (κ2) is 15.2. The van der Waals surface area contributed by atoms with E-state index in [9.17, 15) is 13.2 Å². The van der Waals surface area contributed by atoms with Gasteiger partial charge in [0.1, 0.15) is 0 Å². The molecule has 2 heterocycles. The highest BCUT2D eigenvalue weighted by Gasteiger charge is 2.31. The topological polar surface area (TPSA) is 43.6 Å². The number of benzene rings is 8. The van der Waals surface area contributed by atoms with Crippen molar-refractivity contribution in [3.8, 4) is 73.2 Å². The molecule has 2 aromatic heterocycles. The molecule has 0 unspecified atom stereocenters. The van der Waals surface area contributed by atoms with E-state index in [0.717, 1.165) is 66.9 Å². The average molecular weight is 799 g/mol. The maximum atomic E-state index is 14.2. The van der Waals surface area contributed by atoms with Crippen molar-refractivity contribution in [2.24, 2.45) is 0 Å². The molecule has 61 heavy (non-hydrogen) atoms. The van der Waals surface area contributed by atoms with E-state index in [1.54, 1.807) is 6.07 Å². The van der Waals surface area contributed by atoms with Crippen molar-refractivity contribution in [2.45, 2.75) is 20.0 Å². The van der Waals surface area contributed by atoms with Gasteiger partial charge in [-0.05, 0) is 95.8 Å². The Labute approximate surface area is 351 Å². The minimum absolute atomic E-state index is 0.339. The summed E-state index contributed by atoms with van der Waals surface area (Å²) in [6, 6.07) is 60.7. The highest BCUT2D eigenvalue weighted by molar-refractivity contribution is 6.11. The van der Waals surface area contributed by atoms with Crippen LogP contribution in [-0.2, 0) is 6.18 Å². The van der Waals surface area contributed by atoms with Crippen LogP contribution in [0, 0.1) is 13.8 Å². The molecule has 7 heteroatoms. The van der Waals surface area contributed by atoms with Crippen LogP contribution in [0.2, 0.25) is 0 Å². The summed E-state index contributed by atoms with van der Waals surface area (Å²) in [5.74, 6) is 1.24. The SMILES string of the molecule is Cc1ccc(-c2ccc3c(c2)c2cc(-c4ccc(C)cc4)ccc2n3-c2ccc(-c3cccc(C(F)(F)F)c3)c(-c3nc(-c4ccccc4)nc(-c4ccccc4)n3)c2)cc1. The first-order chi connectivity index (χ1) is 29.7. The Morgan fingerprint density at radius 3 is 1.36 bits per heavy atom. The van der Waals surface area contributed by atoms with Crippen LogP contribution in [0.3, 0.4) is 0 Å². The third kappa shape index (κ3) is 7.25. The molecule has 4 nitrogen and oxygen atoms in total. The van der Waals surface area contributed by atoms with Crippen LogP contribution in [0.15, 0.2) is 188 Å². The van der Waals surface area contributed by atoms with Crippen LogP contribution in [0.1, 0.15) is 16.7 Å². The van der Waals surface area contributed by atoms with E-state index >= 15 is 0 Å². The first kappa shape index (κ1) is 37.6. The van der Waals surface area contributed by atoms with E-state index in [0.29, 0.717) is 34.2 Å². The van der Waals surface area contributed by atoms with Crippen LogP contribution in [-0.4, -0.2) is 19.5 Å². The number of hydrogen-bond donors (Lipinski definition) is 0. The molecular formula is C54H37F3N4. The number of hydrogen-bond acceptors (Lipinski definition) is 3. The lowest BCUT2D eigenvalue weighted by Crippen LogP contribution is -2.05. The first-order valence-corrected chi connectivity index (χ1v) is 20.1. The summed E-state index contributed by atoms with van der Waals surface area (Å²) in [5.41, 5.74) is 12.0. The van der Waals surface area contributed by atoms with Crippen molar-refractivity contribution in [3.63, 3.8) is 0 Å². The number of aromatic nitrogens is 4. The fourth-order valence-electron chi connectivity index (χ4n) is 8.05. The van der Waals surface area contributed by atoms with Gasteiger partial charge < -0.3 is 4.57 Å². The predicted molar refractivity (Wildman–Crippen MR) is 241 cm³/mol. The molecule has 0 fully saturated rings. The quantitative estimate of drug-likeness (QED) is 0.161. The largest absolute Gasteiger partial charge is 0.416 e. The summed E-state index contributed by atoms with van der Waals surface area (Å²) in [7, 11) is 0. The molecule has 0 atom stereocenters. The van der Waals surface area contributed by atoms with Gasteiger partial charge in [0.15, 0.2) is 17.5 Å². The molecule has 0 aliphatic carbocycles. The van der Waals surface area contributed by atoms with Gasteiger partial charge in [0, 0.05) is 33.2 Å². The van der Waals surface area contributed by atoms with Crippen molar-refractivity contribution in [1.29, 1.82) is 0 Å². The molecule has 0 aliphatic rings. The lowest BCUT2D eigenvalue weighted by atomic mass is 9.96. The van der Waals surface area contributed by atoms with Crippen LogP contribution >= 0.6 is 0 Å². The molecule has 0 spiro atoms. The van der Waals surface area contributed by atoms with Gasteiger partial charge in [0.2, 0.25) is 0 Å². The van der Waals surface area contributed by atoms with Gasteiger partial charge in [-0.1, -0.05) is 151 Å². The lowest BCUT2D eigenvalue weighted by Gasteiger charge is -2.16. The Bertz CT molecular complexity index is 3070. The summed E-state index contributed by atoms with van der Waals surface area (Å²) < 4.78 is 44.8. The predicted octanol–water partition coefficient (Wildman–Crippen LogP) is 14.6. The van der Waals surface area contributed by atoms with Crippen molar-refractivity contribution in [3.05, 3.63) is 205 Å². The fourth-order valence-corrected chi connectivity index (χ4v) is 8.05. The molecule has 0 N–H and O–H groups in total. The zero-order chi connectivity index (χ0) is 41.7. The van der Waals surface area contributed by atoms with E-state index in [2.05, 4.69) is 103 Å². The number of nitrogens with zero attached hydrogens (tertiary/aromatic N) is 4. The van der Waals surface area contributed by atoms with E-state index < -0.39 is 11.7 Å². The summed E-state index contributed by atoms with van der Waals surface area (Å²) in [5, 5.41) is 2.15.